The van der Waals surface area contributed by atoms with Crippen LogP contribution in [0.4, 0.5) is 10.5 Å². The molecule has 1 fully saturated rings. The van der Waals surface area contributed by atoms with Crippen molar-refractivity contribution >= 4 is 29.3 Å². The van der Waals surface area contributed by atoms with Crippen LogP contribution in [-0.2, 0) is 16.0 Å². The van der Waals surface area contributed by atoms with Crippen LogP contribution in [0.3, 0.4) is 0 Å². The number of likely N-dealkylation sites (N-methyl/N-ethyl adjacent to an activating group) is 1. The molecule has 1 aliphatic rings. The van der Waals surface area contributed by atoms with Crippen molar-refractivity contribution < 1.29 is 19.4 Å². The minimum atomic E-state index is -0.716. The number of benzene rings is 2. The van der Waals surface area contributed by atoms with Gasteiger partial charge < -0.3 is 19.6 Å². The molecule has 1 unspecified atom stereocenters. The lowest BCUT2D eigenvalue weighted by molar-refractivity contribution is -0.136. The molecule has 0 aliphatic carbocycles. The third-order valence-electron chi connectivity index (χ3n) is 5.58. The molecule has 8 heteroatoms. The predicted molar refractivity (Wildman–Crippen MR) is 130 cm³/mol. The smallest absolute Gasteiger partial charge is 0.410 e. The number of rotatable bonds is 5. The molecular weight excluding hydrogens is 442 g/mol. The monoisotopic (exact) mass is 473 g/mol. The molecule has 2 amide bonds. The molecule has 0 aromatic heterocycles. The SMILES string of the molecule is CN(C(=O)OC(C)(C)C)C(Cc1ccc(O)cc1)C(=O)N1CCN(c2ccc(Cl)cc2)CC1. The van der Waals surface area contributed by atoms with E-state index in [1.807, 2.05) is 24.3 Å². The van der Waals surface area contributed by atoms with Gasteiger partial charge in [-0.15, -0.1) is 0 Å². The topological polar surface area (TPSA) is 73.3 Å². The quantitative estimate of drug-likeness (QED) is 0.705. The van der Waals surface area contributed by atoms with Gasteiger partial charge in [0.2, 0.25) is 5.91 Å². The summed E-state index contributed by atoms with van der Waals surface area (Å²) >= 11 is 5.99. The number of amides is 2. The zero-order valence-corrected chi connectivity index (χ0v) is 20.4. The highest BCUT2D eigenvalue weighted by Crippen LogP contribution is 2.21. The third-order valence-corrected chi connectivity index (χ3v) is 5.83. The molecule has 33 heavy (non-hydrogen) atoms. The van der Waals surface area contributed by atoms with Gasteiger partial charge in [0.15, 0.2) is 0 Å². The van der Waals surface area contributed by atoms with E-state index >= 15 is 0 Å². The van der Waals surface area contributed by atoms with E-state index in [0.717, 1.165) is 11.3 Å². The summed E-state index contributed by atoms with van der Waals surface area (Å²) in [5, 5.41) is 10.3. The molecule has 7 nitrogen and oxygen atoms in total. The van der Waals surface area contributed by atoms with Crippen LogP contribution in [0, 0.1) is 0 Å². The number of anilines is 1. The molecule has 1 N–H and O–H groups in total. The molecule has 1 heterocycles. The number of phenols is 1. The number of carbonyl (C=O) groups excluding carboxylic acids is 2. The Kier molecular flexibility index (Phi) is 7.74. The van der Waals surface area contributed by atoms with Crippen molar-refractivity contribution in [1.82, 2.24) is 9.80 Å². The Labute approximate surface area is 200 Å². The summed E-state index contributed by atoms with van der Waals surface area (Å²) in [6.45, 7) is 7.87. The summed E-state index contributed by atoms with van der Waals surface area (Å²) in [6, 6.07) is 13.6. The summed E-state index contributed by atoms with van der Waals surface area (Å²) in [6.07, 6.45) is -0.217. The fraction of sp³-hybridized carbons (Fsp3) is 0.440. The van der Waals surface area contributed by atoms with E-state index in [4.69, 9.17) is 16.3 Å². The van der Waals surface area contributed by atoms with Crippen LogP contribution in [0.5, 0.6) is 5.75 Å². The average Bonchev–Trinajstić information content (AvgIpc) is 2.77. The van der Waals surface area contributed by atoms with Crippen molar-refractivity contribution in [3.8, 4) is 5.75 Å². The molecule has 2 aromatic carbocycles. The molecule has 1 aliphatic heterocycles. The standard InChI is InChI=1S/C25H32ClN3O4/c1-25(2,3)33-24(32)27(4)22(17-18-5-11-21(30)12-6-18)23(31)29-15-13-28(14-16-29)20-9-7-19(26)8-10-20/h5-12,22,30H,13-17H2,1-4H3. The third kappa shape index (κ3) is 6.78. The highest BCUT2D eigenvalue weighted by molar-refractivity contribution is 6.30. The maximum absolute atomic E-state index is 13.6. The lowest BCUT2D eigenvalue weighted by Crippen LogP contribution is -2.56. The maximum Gasteiger partial charge on any atom is 0.410 e. The Bertz CT molecular complexity index is 949. The number of hydrogen-bond acceptors (Lipinski definition) is 5. The van der Waals surface area contributed by atoms with Gasteiger partial charge in [0.05, 0.1) is 0 Å². The van der Waals surface area contributed by atoms with E-state index in [0.29, 0.717) is 37.6 Å². The Morgan fingerprint density at radius 3 is 2.15 bits per heavy atom. The van der Waals surface area contributed by atoms with E-state index in [9.17, 15) is 14.7 Å². The first kappa shape index (κ1) is 24.7. The molecule has 2 aromatic rings. The van der Waals surface area contributed by atoms with Gasteiger partial charge in [-0.25, -0.2) is 4.79 Å². The zero-order valence-electron chi connectivity index (χ0n) is 19.6. The number of aromatic hydroxyl groups is 1. The number of hydrogen-bond donors (Lipinski definition) is 1. The second kappa shape index (κ2) is 10.3. The second-order valence-electron chi connectivity index (χ2n) is 9.27. The largest absolute Gasteiger partial charge is 0.508 e. The summed E-state index contributed by atoms with van der Waals surface area (Å²) < 4.78 is 5.52. The molecule has 1 saturated heterocycles. The zero-order chi connectivity index (χ0) is 24.2. The summed E-state index contributed by atoms with van der Waals surface area (Å²) in [4.78, 5) is 31.7. The van der Waals surface area contributed by atoms with Crippen LogP contribution in [0.15, 0.2) is 48.5 Å². The number of halogens is 1. The Morgan fingerprint density at radius 1 is 1.03 bits per heavy atom. The number of carbonyl (C=O) groups is 2. The van der Waals surface area contributed by atoms with Crippen molar-refractivity contribution in [3.05, 3.63) is 59.1 Å². The first-order valence-electron chi connectivity index (χ1n) is 11.1. The summed E-state index contributed by atoms with van der Waals surface area (Å²) in [5.74, 6) is 0.0348. The molecule has 0 bridgehead atoms. The highest BCUT2D eigenvalue weighted by Gasteiger charge is 2.34. The van der Waals surface area contributed by atoms with Gasteiger partial charge in [0.25, 0.3) is 0 Å². The van der Waals surface area contributed by atoms with Gasteiger partial charge in [-0.2, -0.15) is 0 Å². The fourth-order valence-corrected chi connectivity index (χ4v) is 3.88. The number of phenolic OH excluding ortho intramolecular Hbond substituents is 1. The van der Waals surface area contributed by atoms with Gasteiger partial charge in [-0.1, -0.05) is 23.7 Å². The van der Waals surface area contributed by atoms with E-state index in [2.05, 4.69) is 4.90 Å². The highest BCUT2D eigenvalue weighted by atomic mass is 35.5. The molecule has 0 saturated carbocycles. The summed E-state index contributed by atoms with van der Waals surface area (Å²) in [7, 11) is 1.60. The van der Waals surface area contributed by atoms with Crippen molar-refractivity contribution in [2.24, 2.45) is 0 Å². The minimum absolute atomic E-state index is 0.118. The Hall–Kier alpha value is -2.93. The normalized spacial score (nSPS) is 15.2. The van der Waals surface area contributed by atoms with Crippen LogP contribution in [-0.4, -0.2) is 71.8 Å². The first-order chi connectivity index (χ1) is 15.5. The Morgan fingerprint density at radius 2 is 1.61 bits per heavy atom. The predicted octanol–water partition coefficient (Wildman–Crippen LogP) is 4.17. The molecule has 0 spiro atoms. The van der Waals surface area contributed by atoms with Gasteiger partial charge in [0.1, 0.15) is 17.4 Å². The first-order valence-corrected chi connectivity index (χ1v) is 11.4. The van der Waals surface area contributed by atoms with Crippen molar-refractivity contribution in [2.75, 3.05) is 38.1 Å². The van der Waals surface area contributed by atoms with E-state index < -0.39 is 17.7 Å². The van der Waals surface area contributed by atoms with Gasteiger partial charge in [-0.05, 0) is 62.7 Å². The van der Waals surface area contributed by atoms with Crippen LogP contribution >= 0.6 is 11.6 Å². The van der Waals surface area contributed by atoms with Crippen molar-refractivity contribution in [3.63, 3.8) is 0 Å². The van der Waals surface area contributed by atoms with Crippen LogP contribution in [0.1, 0.15) is 26.3 Å². The van der Waals surface area contributed by atoms with Crippen LogP contribution in [0.2, 0.25) is 5.02 Å². The van der Waals surface area contributed by atoms with Crippen LogP contribution in [0.25, 0.3) is 0 Å². The maximum atomic E-state index is 13.6. The van der Waals surface area contributed by atoms with Gasteiger partial charge in [-0.3, -0.25) is 9.69 Å². The van der Waals surface area contributed by atoms with Crippen molar-refractivity contribution in [2.45, 2.75) is 38.8 Å². The lowest BCUT2D eigenvalue weighted by atomic mass is 10.0. The lowest BCUT2D eigenvalue weighted by Gasteiger charge is -2.39. The molecule has 3 rings (SSSR count). The number of nitrogens with zero attached hydrogens (tertiary/aromatic N) is 3. The Balaban J connectivity index is 1.73. The number of ether oxygens (including phenoxy) is 1. The molecular formula is C25H32ClN3O4. The number of piperazine rings is 1. The average molecular weight is 474 g/mol. The van der Waals surface area contributed by atoms with Crippen LogP contribution < -0.4 is 4.90 Å². The van der Waals surface area contributed by atoms with E-state index in [1.54, 1.807) is 57.0 Å². The molecule has 178 valence electrons. The molecule has 0 radical (unpaired) electrons. The summed E-state index contributed by atoms with van der Waals surface area (Å²) in [5.41, 5.74) is 1.25. The van der Waals surface area contributed by atoms with Gasteiger partial charge >= 0.3 is 6.09 Å². The van der Waals surface area contributed by atoms with Crippen molar-refractivity contribution in [1.29, 1.82) is 0 Å². The second-order valence-corrected chi connectivity index (χ2v) is 9.70. The van der Waals surface area contributed by atoms with E-state index in [1.165, 1.54) is 4.90 Å². The van der Waals surface area contributed by atoms with Gasteiger partial charge in [0, 0.05) is 50.4 Å². The van der Waals surface area contributed by atoms with E-state index in [-0.39, 0.29) is 11.7 Å². The molecule has 1 atom stereocenters. The minimum Gasteiger partial charge on any atom is -0.508 e. The fourth-order valence-electron chi connectivity index (χ4n) is 3.75.